The van der Waals surface area contributed by atoms with E-state index >= 15 is 0 Å². The Balaban J connectivity index is 1.97. The van der Waals surface area contributed by atoms with Crippen LogP contribution in [0.5, 0.6) is 0 Å². The van der Waals surface area contributed by atoms with Crippen LogP contribution in [0.2, 0.25) is 5.02 Å². The van der Waals surface area contributed by atoms with E-state index in [1.165, 1.54) is 6.20 Å². The lowest BCUT2D eigenvalue weighted by Gasteiger charge is -2.27. The van der Waals surface area contributed by atoms with E-state index in [-0.39, 0.29) is 18.4 Å². The molecule has 114 valence electrons. The van der Waals surface area contributed by atoms with Gasteiger partial charge >= 0.3 is 5.97 Å². The SMILES string of the molecule is CN(CC(=O)NC(C)(C(=O)O)C1CC1)c1ccc(Cl)cn1. The van der Waals surface area contributed by atoms with Crippen LogP contribution in [0, 0.1) is 5.92 Å². The van der Waals surface area contributed by atoms with E-state index in [1.54, 1.807) is 31.0 Å². The van der Waals surface area contributed by atoms with Gasteiger partial charge in [-0.15, -0.1) is 0 Å². The molecule has 0 bridgehead atoms. The van der Waals surface area contributed by atoms with Crippen LogP contribution in [0.3, 0.4) is 0 Å². The minimum atomic E-state index is -1.19. The van der Waals surface area contributed by atoms with Gasteiger partial charge in [-0.2, -0.15) is 0 Å². The predicted octanol–water partition coefficient (Wildman–Crippen LogP) is 1.54. The van der Waals surface area contributed by atoms with Crippen LogP contribution in [0.15, 0.2) is 18.3 Å². The number of halogens is 1. The van der Waals surface area contributed by atoms with Crippen molar-refractivity contribution in [2.45, 2.75) is 25.3 Å². The molecule has 0 aromatic carbocycles. The summed E-state index contributed by atoms with van der Waals surface area (Å²) in [6, 6.07) is 3.39. The zero-order valence-corrected chi connectivity index (χ0v) is 12.7. The first-order valence-electron chi connectivity index (χ1n) is 6.70. The lowest BCUT2D eigenvalue weighted by molar-refractivity contribution is -0.147. The average molecular weight is 312 g/mol. The minimum absolute atomic E-state index is 0.0120. The highest BCUT2D eigenvalue weighted by Gasteiger charge is 2.48. The number of amides is 1. The summed E-state index contributed by atoms with van der Waals surface area (Å²) < 4.78 is 0. The molecule has 1 aromatic heterocycles. The first kappa shape index (κ1) is 15.6. The number of likely N-dealkylation sites (N-methyl/N-ethyl adjacent to an activating group) is 1. The highest BCUT2D eigenvalue weighted by molar-refractivity contribution is 6.30. The fourth-order valence-corrected chi connectivity index (χ4v) is 2.32. The van der Waals surface area contributed by atoms with Crippen molar-refractivity contribution in [2.24, 2.45) is 5.92 Å². The van der Waals surface area contributed by atoms with E-state index in [1.807, 2.05) is 0 Å². The molecule has 6 nitrogen and oxygen atoms in total. The van der Waals surface area contributed by atoms with Gasteiger partial charge in [-0.1, -0.05) is 11.6 Å². The number of pyridine rings is 1. The van der Waals surface area contributed by atoms with Gasteiger partial charge in [0.25, 0.3) is 0 Å². The molecule has 1 atom stereocenters. The third-order valence-electron chi connectivity index (χ3n) is 3.72. The van der Waals surface area contributed by atoms with Gasteiger partial charge in [0.05, 0.1) is 11.6 Å². The van der Waals surface area contributed by atoms with Gasteiger partial charge in [-0.25, -0.2) is 9.78 Å². The normalized spacial score (nSPS) is 16.9. The first-order valence-corrected chi connectivity index (χ1v) is 7.08. The number of rotatable bonds is 6. The molecule has 2 N–H and O–H groups in total. The molecule has 2 rings (SSSR count). The smallest absolute Gasteiger partial charge is 0.329 e. The Morgan fingerprint density at radius 2 is 2.19 bits per heavy atom. The van der Waals surface area contributed by atoms with Crippen LogP contribution in [0.25, 0.3) is 0 Å². The second-order valence-corrected chi connectivity index (χ2v) is 5.96. The minimum Gasteiger partial charge on any atom is -0.480 e. The van der Waals surface area contributed by atoms with Crippen LogP contribution < -0.4 is 10.2 Å². The average Bonchev–Trinajstić information content (AvgIpc) is 3.23. The topological polar surface area (TPSA) is 82.5 Å². The van der Waals surface area contributed by atoms with Crippen LogP contribution in [-0.2, 0) is 9.59 Å². The first-order chi connectivity index (χ1) is 9.83. The zero-order valence-electron chi connectivity index (χ0n) is 12.0. The lowest BCUT2D eigenvalue weighted by atomic mass is 9.96. The molecule has 0 aliphatic heterocycles. The van der Waals surface area contributed by atoms with Crippen molar-refractivity contribution >= 4 is 29.3 Å². The van der Waals surface area contributed by atoms with Crippen LogP contribution in [0.1, 0.15) is 19.8 Å². The zero-order chi connectivity index (χ0) is 15.6. The maximum absolute atomic E-state index is 12.1. The Kier molecular flexibility index (Phi) is 4.37. The second-order valence-electron chi connectivity index (χ2n) is 5.52. The van der Waals surface area contributed by atoms with E-state index in [9.17, 15) is 14.7 Å². The van der Waals surface area contributed by atoms with E-state index in [0.717, 1.165) is 12.8 Å². The van der Waals surface area contributed by atoms with Gasteiger partial charge in [0.2, 0.25) is 5.91 Å². The molecule has 1 saturated carbocycles. The molecule has 0 spiro atoms. The second kappa shape index (κ2) is 5.89. The lowest BCUT2D eigenvalue weighted by Crippen LogP contribution is -2.56. The van der Waals surface area contributed by atoms with Gasteiger partial charge in [0.15, 0.2) is 0 Å². The van der Waals surface area contributed by atoms with Gasteiger partial charge in [0, 0.05) is 13.2 Å². The van der Waals surface area contributed by atoms with Crippen molar-refractivity contribution in [1.29, 1.82) is 0 Å². The van der Waals surface area contributed by atoms with Gasteiger partial charge in [-0.05, 0) is 37.8 Å². The summed E-state index contributed by atoms with van der Waals surface area (Å²) in [6.07, 6.45) is 3.16. The molecule has 1 heterocycles. The highest BCUT2D eigenvalue weighted by Crippen LogP contribution is 2.39. The summed E-state index contributed by atoms with van der Waals surface area (Å²) in [6.45, 7) is 1.59. The molecule has 0 radical (unpaired) electrons. The number of anilines is 1. The van der Waals surface area contributed by atoms with Crippen LogP contribution in [-0.4, -0.2) is 41.1 Å². The molecule has 1 amide bonds. The van der Waals surface area contributed by atoms with Crippen molar-refractivity contribution < 1.29 is 14.7 Å². The molecule has 0 saturated heterocycles. The predicted molar refractivity (Wildman–Crippen MR) is 79.4 cm³/mol. The summed E-state index contributed by atoms with van der Waals surface area (Å²) in [7, 11) is 1.71. The van der Waals surface area contributed by atoms with Gasteiger partial charge in [-0.3, -0.25) is 4.79 Å². The van der Waals surface area contributed by atoms with Crippen molar-refractivity contribution in [3.05, 3.63) is 23.4 Å². The van der Waals surface area contributed by atoms with Gasteiger partial charge in [0.1, 0.15) is 11.4 Å². The number of nitrogens with one attached hydrogen (secondary N) is 1. The van der Waals surface area contributed by atoms with Crippen molar-refractivity contribution in [3.8, 4) is 0 Å². The fraction of sp³-hybridized carbons (Fsp3) is 0.500. The molecule has 1 aromatic rings. The molecular weight excluding hydrogens is 294 g/mol. The number of nitrogens with zero attached hydrogens (tertiary/aromatic N) is 2. The van der Waals surface area contributed by atoms with Crippen molar-refractivity contribution in [1.82, 2.24) is 10.3 Å². The third kappa shape index (κ3) is 3.64. The molecule has 1 aliphatic carbocycles. The summed E-state index contributed by atoms with van der Waals surface area (Å²) in [5.74, 6) is -0.729. The number of hydrogen-bond donors (Lipinski definition) is 2. The number of aliphatic carboxylic acids is 1. The summed E-state index contributed by atoms with van der Waals surface area (Å²) >= 11 is 5.76. The van der Waals surface area contributed by atoms with Crippen molar-refractivity contribution in [3.63, 3.8) is 0 Å². The number of carbonyl (C=O) groups is 2. The largest absolute Gasteiger partial charge is 0.480 e. The van der Waals surface area contributed by atoms with Crippen LogP contribution in [0.4, 0.5) is 5.82 Å². The maximum atomic E-state index is 12.1. The third-order valence-corrected chi connectivity index (χ3v) is 3.94. The molecule has 1 unspecified atom stereocenters. The number of hydrogen-bond acceptors (Lipinski definition) is 4. The molecule has 7 heteroatoms. The molecule has 1 fully saturated rings. The monoisotopic (exact) mass is 311 g/mol. The standard InChI is InChI=1S/C14H18ClN3O3/c1-14(13(20)21,9-3-4-9)17-12(19)8-18(2)11-6-5-10(15)7-16-11/h5-7,9H,3-4,8H2,1-2H3,(H,17,19)(H,20,21). The summed E-state index contributed by atoms with van der Waals surface area (Å²) in [5.41, 5.74) is -1.19. The summed E-state index contributed by atoms with van der Waals surface area (Å²) in [4.78, 5) is 29.2. The Morgan fingerprint density at radius 1 is 1.52 bits per heavy atom. The maximum Gasteiger partial charge on any atom is 0.329 e. The highest BCUT2D eigenvalue weighted by atomic mass is 35.5. The number of carboxylic acid groups (broad SMARTS) is 1. The van der Waals surface area contributed by atoms with E-state index < -0.39 is 11.5 Å². The van der Waals surface area contributed by atoms with Gasteiger partial charge < -0.3 is 15.3 Å². The Labute approximate surface area is 128 Å². The van der Waals surface area contributed by atoms with E-state index in [0.29, 0.717) is 10.8 Å². The van der Waals surface area contributed by atoms with E-state index in [2.05, 4.69) is 10.3 Å². The van der Waals surface area contributed by atoms with E-state index in [4.69, 9.17) is 11.6 Å². The Morgan fingerprint density at radius 3 is 2.67 bits per heavy atom. The van der Waals surface area contributed by atoms with Crippen molar-refractivity contribution in [2.75, 3.05) is 18.5 Å². The summed E-state index contributed by atoms with van der Waals surface area (Å²) in [5, 5.41) is 12.5. The molecule has 1 aliphatic rings. The Bertz CT molecular complexity index is 545. The Hall–Kier alpha value is -1.82. The molecular formula is C14H18ClN3O3. The van der Waals surface area contributed by atoms with Crippen LogP contribution >= 0.6 is 11.6 Å². The molecule has 21 heavy (non-hydrogen) atoms. The number of carbonyl (C=O) groups excluding carboxylic acids is 1. The quantitative estimate of drug-likeness (QED) is 0.832. The number of aromatic nitrogens is 1. The number of carboxylic acids is 1. The fourth-order valence-electron chi connectivity index (χ4n) is 2.21.